The monoisotopic (exact) mass is 419 g/mol. The van der Waals surface area contributed by atoms with Crippen LogP contribution in [0.15, 0.2) is 48.9 Å². The predicted octanol–water partition coefficient (Wildman–Crippen LogP) is 1.60. The van der Waals surface area contributed by atoms with Crippen molar-refractivity contribution in [3.8, 4) is 5.75 Å². The van der Waals surface area contributed by atoms with Crippen LogP contribution in [0.1, 0.15) is 40.0 Å². The molecule has 1 unspecified atom stereocenters. The number of piperidine rings is 1. The standard InChI is InChI=1S/C22H21N5O4/c28-20-7-6-18(21(29)24-20)27-12-17-16(22(27)30)4-1-5-19(17)31-13-15-11-26(25-15)10-14-3-2-8-23-9-14/h1-5,8-9,11,18,25H,6-7,10,12-13H2,(H,24,28,29). The average Bonchev–Trinajstić information content (AvgIpc) is 3.07. The number of ether oxygens (including phenoxy) is 1. The van der Waals surface area contributed by atoms with E-state index in [1.165, 1.54) is 4.90 Å². The molecule has 2 aliphatic heterocycles. The van der Waals surface area contributed by atoms with Crippen LogP contribution in [0.4, 0.5) is 0 Å². The number of imide groups is 1. The SMILES string of the molecule is O=C1CCC(N2Cc3c(OCc4cn(Cc5cccnc5)[nH]4)cccc3C2=O)C(=O)N1. The molecule has 158 valence electrons. The fourth-order valence-electron chi connectivity index (χ4n) is 4.06. The third-order valence-corrected chi connectivity index (χ3v) is 5.60. The van der Waals surface area contributed by atoms with Gasteiger partial charge in [-0.1, -0.05) is 12.1 Å². The Labute approximate surface area is 178 Å². The zero-order chi connectivity index (χ0) is 21.4. The minimum atomic E-state index is -0.637. The van der Waals surface area contributed by atoms with Crippen molar-refractivity contribution in [1.29, 1.82) is 0 Å². The molecule has 2 N–H and O–H groups in total. The van der Waals surface area contributed by atoms with E-state index in [-0.39, 0.29) is 24.8 Å². The molecule has 0 bridgehead atoms. The Bertz CT molecular complexity index is 1140. The second-order valence-corrected chi connectivity index (χ2v) is 7.73. The van der Waals surface area contributed by atoms with Crippen LogP contribution in [0.5, 0.6) is 5.75 Å². The number of benzene rings is 1. The quantitative estimate of drug-likeness (QED) is 0.590. The van der Waals surface area contributed by atoms with Crippen LogP contribution in [0.2, 0.25) is 0 Å². The number of nitrogens with one attached hydrogen (secondary N) is 2. The lowest BCUT2D eigenvalue weighted by Crippen LogP contribution is -2.52. The number of nitrogens with zero attached hydrogens (tertiary/aromatic N) is 3. The molecule has 31 heavy (non-hydrogen) atoms. The first-order valence-electron chi connectivity index (χ1n) is 10.1. The molecule has 3 aromatic rings. The maximum atomic E-state index is 12.9. The Hall–Kier alpha value is -3.88. The number of carbonyl (C=O) groups is 3. The van der Waals surface area contributed by atoms with Crippen LogP contribution in [0.3, 0.4) is 0 Å². The molecule has 5 rings (SSSR count). The van der Waals surface area contributed by atoms with Crippen LogP contribution in [0.25, 0.3) is 0 Å². The van der Waals surface area contributed by atoms with Crippen LogP contribution >= 0.6 is 0 Å². The van der Waals surface area contributed by atoms with E-state index in [9.17, 15) is 14.4 Å². The van der Waals surface area contributed by atoms with Gasteiger partial charge in [0.05, 0.1) is 18.8 Å². The summed E-state index contributed by atoms with van der Waals surface area (Å²) in [6.45, 7) is 1.33. The number of hydrogen-bond acceptors (Lipinski definition) is 5. The van der Waals surface area contributed by atoms with Gasteiger partial charge in [-0.3, -0.25) is 34.5 Å². The highest BCUT2D eigenvalue weighted by molar-refractivity contribution is 6.05. The van der Waals surface area contributed by atoms with Gasteiger partial charge in [0, 0.05) is 36.1 Å². The van der Waals surface area contributed by atoms with E-state index in [1.807, 2.05) is 35.3 Å². The highest BCUT2D eigenvalue weighted by Gasteiger charge is 2.40. The minimum Gasteiger partial charge on any atom is -0.487 e. The summed E-state index contributed by atoms with van der Waals surface area (Å²) in [5.41, 5.74) is 3.33. The van der Waals surface area contributed by atoms with Gasteiger partial charge in [0.2, 0.25) is 11.8 Å². The number of carbonyl (C=O) groups excluding carboxylic acids is 3. The number of H-pyrrole nitrogens is 1. The van der Waals surface area contributed by atoms with Crippen LogP contribution in [-0.2, 0) is 29.3 Å². The zero-order valence-electron chi connectivity index (χ0n) is 16.7. The van der Waals surface area contributed by atoms with Crippen molar-refractivity contribution >= 4 is 17.7 Å². The summed E-state index contributed by atoms with van der Waals surface area (Å²) in [7, 11) is 0. The maximum Gasteiger partial charge on any atom is 0.255 e. The van der Waals surface area contributed by atoms with Gasteiger partial charge in [0.15, 0.2) is 0 Å². The first-order chi connectivity index (χ1) is 15.1. The molecule has 1 atom stereocenters. The number of pyridine rings is 1. The molecular weight excluding hydrogens is 398 g/mol. The number of hydrogen-bond donors (Lipinski definition) is 2. The van der Waals surface area contributed by atoms with Gasteiger partial charge >= 0.3 is 0 Å². The van der Waals surface area contributed by atoms with Gasteiger partial charge < -0.3 is 9.64 Å². The summed E-state index contributed by atoms with van der Waals surface area (Å²) in [6.07, 6.45) is 6.10. The van der Waals surface area contributed by atoms with E-state index < -0.39 is 11.9 Å². The van der Waals surface area contributed by atoms with E-state index in [0.717, 1.165) is 16.8 Å². The van der Waals surface area contributed by atoms with Gasteiger partial charge in [-0.2, -0.15) is 0 Å². The smallest absolute Gasteiger partial charge is 0.255 e. The van der Waals surface area contributed by atoms with E-state index in [2.05, 4.69) is 15.4 Å². The maximum absolute atomic E-state index is 12.9. The third-order valence-electron chi connectivity index (χ3n) is 5.60. The number of aromatic nitrogens is 3. The molecule has 3 amide bonds. The van der Waals surface area contributed by atoms with Crippen molar-refractivity contribution < 1.29 is 19.1 Å². The molecule has 0 saturated carbocycles. The highest BCUT2D eigenvalue weighted by atomic mass is 16.5. The second kappa shape index (κ2) is 7.75. The summed E-state index contributed by atoms with van der Waals surface area (Å²) in [5.74, 6) is -0.307. The molecular formula is C22H21N5O4. The van der Waals surface area contributed by atoms with Crippen molar-refractivity contribution in [1.82, 2.24) is 25.0 Å². The molecule has 1 aromatic carbocycles. The van der Waals surface area contributed by atoms with E-state index in [1.54, 1.807) is 18.3 Å². The lowest BCUT2D eigenvalue weighted by atomic mass is 10.0. The topological polar surface area (TPSA) is 109 Å². The second-order valence-electron chi connectivity index (χ2n) is 7.73. The lowest BCUT2D eigenvalue weighted by Gasteiger charge is -2.29. The van der Waals surface area contributed by atoms with Gasteiger partial charge in [-0.15, -0.1) is 0 Å². The van der Waals surface area contributed by atoms with Gasteiger partial charge in [-0.25, -0.2) is 0 Å². The number of amides is 3. The van der Waals surface area contributed by atoms with Crippen LogP contribution in [0, 0.1) is 0 Å². The summed E-state index contributed by atoms with van der Waals surface area (Å²) < 4.78 is 7.92. The van der Waals surface area contributed by atoms with Crippen molar-refractivity contribution in [3.63, 3.8) is 0 Å². The summed E-state index contributed by atoms with van der Waals surface area (Å²) in [4.78, 5) is 42.1. The summed E-state index contributed by atoms with van der Waals surface area (Å²) in [5, 5.41) is 5.54. The Morgan fingerprint density at radius 3 is 2.81 bits per heavy atom. The molecule has 2 aromatic heterocycles. The molecule has 1 fully saturated rings. The van der Waals surface area contributed by atoms with E-state index in [0.29, 0.717) is 30.9 Å². The molecule has 9 heteroatoms. The predicted molar refractivity (Wildman–Crippen MR) is 109 cm³/mol. The fourth-order valence-corrected chi connectivity index (χ4v) is 4.06. The highest BCUT2D eigenvalue weighted by Crippen LogP contribution is 2.33. The Morgan fingerprint density at radius 2 is 2.03 bits per heavy atom. The molecule has 0 spiro atoms. The average molecular weight is 419 g/mol. The number of aromatic amines is 1. The van der Waals surface area contributed by atoms with Crippen LogP contribution in [-0.4, -0.2) is 43.4 Å². The molecule has 0 radical (unpaired) electrons. The van der Waals surface area contributed by atoms with Crippen molar-refractivity contribution in [2.75, 3.05) is 0 Å². The van der Waals surface area contributed by atoms with Gasteiger partial charge in [0.25, 0.3) is 5.91 Å². The number of fused-ring (bicyclic) bond motifs is 1. The van der Waals surface area contributed by atoms with Crippen LogP contribution < -0.4 is 10.1 Å². The van der Waals surface area contributed by atoms with Gasteiger partial charge in [0.1, 0.15) is 18.4 Å². The minimum absolute atomic E-state index is 0.210. The Morgan fingerprint density at radius 1 is 1.16 bits per heavy atom. The molecule has 2 aliphatic rings. The molecule has 4 heterocycles. The molecule has 0 aliphatic carbocycles. The largest absolute Gasteiger partial charge is 0.487 e. The van der Waals surface area contributed by atoms with Gasteiger partial charge in [-0.05, 0) is 30.2 Å². The Kier molecular flexibility index (Phi) is 4.78. The first kappa shape index (κ1) is 19.1. The molecule has 9 nitrogen and oxygen atoms in total. The zero-order valence-corrected chi connectivity index (χ0v) is 16.7. The van der Waals surface area contributed by atoms with E-state index >= 15 is 0 Å². The third kappa shape index (κ3) is 3.70. The normalized spacial score (nSPS) is 18.3. The molecule has 1 saturated heterocycles. The fraction of sp³-hybridized carbons (Fsp3) is 0.273. The van der Waals surface area contributed by atoms with Crippen molar-refractivity contribution in [3.05, 3.63) is 71.3 Å². The lowest BCUT2D eigenvalue weighted by molar-refractivity contribution is -0.136. The summed E-state index contributed by atoms with van der Waals surface area (Å²) in [6, 6.07) is 8.62. The Balaban J connectivity index is 1.24. The van der Waals surface area contributed by atoms with Crippen molar-refractivity contribution in [2.24, 2.45) is 0 Å². The van der Waals surface area contributed by atoms with E-state index in [4.69, 9.17) is 4.74 Å². The number of rotatable bonds is 6. The van der Waals surface area contributed by atoms with Crippen molar-refractivity contribution in [2.45, 2.75) is 38.6 Å². The first-order valence-corrected chi connectivity index (χ1v) is 10.1. The summed E-state index contributed by atoms with van der Waals surface area (Å²) >= 11 is 0.